The van der Waals surface area contributed by atoms with Crippen LogP contribution in [0.15, 0.2) is 42.6 Å². The van der Waals surface area contributed by atoms with Crippen molar-refractivity contribution < 1.29 is 13.2 Å². The van der Waals surface area contributed by atoms with E-state index in [1.54, 1.807) is 23.2 Å². The van der Waals surface area contributed by atoms with Crippen LogP contribution in [0.4, 0.5) is 5.82 Å². The average molecular weight is 388 g/mol. The molecule has 0 bridgehead atoms. The first kappa shape index (κ1) is 19.4. The van der Waals surface area contributed by atoms with E-state index in [0.717, 1.165) is 5.56 Å². The van der Waals surface area contributed by atoms with Gasteiger partial charge in [-0.2, -0.15) is 0 Å². The first-order valence-corrected chi connectivity index (χ1v) is 11.0. The van der Waals surface area contributed by atoms with E-state index in [1.807, 2.05) is 19.1 Å². The summed E-state index contributed by atoms with van der Waals surface area (Å²) in [6.45, 7) is 5.06. The lowest BCUT2D eigenvalue weighted by Crippen LogP contribution is -2.41. The molecule has 1 fully saturated rings. The number of pyridine rings is 1. The van der Waals surface area contributed by atoms with Gasteiger partial charge in [-0.05, 0) is 38.0 Å². The third kappa shape index (κ3) is 4.86. The number of sulfone groups is 1. The van der Waals surface area contributed by atoms with Gasteiger partial charge in [0.1, 0.15) is 5.82 Å². The van der Waals surface area contributed by atoms with Crippen molar-refractivity contribution in [1.29, 1.82) is 0 Å². The average Bonchev–Trinajstić information content (AvgIpc) is 3.00. The molecule has 1 amide bonds. The van der Waals surface area contributed by atoms with Gasteiger partial charge in [-0.15, -0.1) is 0 Å². The highest BCUT2D eigenvalue weighted by Gasteiger charge is 2.34. The van der Waals surface area contributed by atoms with Crippen LogP contribution in [0, 0.1) is 6.92 Å². The van der Waals surface area contributed by atoms with Crippen molar-refractivity contribution in [1.82, 2.24) is 9.88 Å². The van der Waals surface area contributed by atoms with Crippen LogP contribution in [0.2, 0.25) is 0 Å². The Morgan fingerprint density at radius 2 is 2.11 bits per heavy atom. The Labute approximate surface area is 160 Å². The summed E-state index contributed by atoms with van der Waals surface area (Å²) in [5.74, 6) is 0.731. The zero-order valence-corrected chi connectivity index (χ0v) is 16.5. The number of benzene rings is 1. The molecule has 1 aromatic carbocycles. The fourth-order valence-electron chi connectivity index (χ4n) is 3.39. The van der Waals surface area contributed by atoms with Gasteiger partial charge in [-0.3, -0.25) is 4.79 Å². The zero-order valence-electron chi connectivity index (χ0n) is 15.7. The maximum atomic E-state index is 12.8. The highest BCUT2D eigenvalue weighted by molar-refractivity contribution is 7.91. The molecule has 6 nitrogen and oxygen atoms in total. The number of carbonyl (C=O) groups is 1. The van der Waals surface area contributed by atoms with Gasteiger partial charge in [0.15, 0.2) is 9.84 Å². The number of nitrogens with zero attached hydrogens (tertiary/aromatic N) is 2. The van der Waals surface area contributed by atoms with Crippen molar-refractivity contribution in [3.8, 4) is 0 Å². The predicted molar refractivity (Wildman–Crippen MR) is 107 cm³/mol. The Kier molecular flexibility index (Phi) is 5.79. The van der Waals surface area contributed by atoms with Crippen molar-refractivity contribution in [3.63, 3.8) is 0 Å². The number of aryl methyl sites for hydroxylation is 1. The summed E-state index contributed by atoms with van der Waals surface area (Å²) < 4.78 is 23.4. The summed E-state index contributed by atoms with van der Waals surface area (Å²) in [6.07, 6.45) is 2.05. The number of rotatable bonds is 6. The molecule has 0 aliphatic carbocycles. The Morgan fingerprint density at radius 3 is 2.70 bits per heavy atom. The molecule has 144 valence electrons. The standard InChI is InChI=1S/C20H25N3O3S/c1-3-23(18-9-10-27(25,26)14-18)20(24)17-7-8-19(22-13-17)21-12-16-6-4-5-15(2)11-16/h4-8,11,13,18H,3,9-10,12,14H2,1-2H3,(H,21,22). The van der Waals surface area contributed by atoms with Gasteiger partial charge in [0, 0.05) is 25.3 Å². The first-order valence-electron chi connectivity index (χ1n) is 9.15. The third-order valence-corrected chi connectivity index (χ3v) is 6.57. The Hall–Kier alpha value is -2.41. The van der Waals surface area contributed by atoms with E-state index < -0.39 is 9.84 Å². The van der Waals surface area contributed by atoms with E-state index in [4.69, 9.17) is 0 Å². The Balaban J connectivity index is 1.64. The number of aromatic nitrogens is 1. The third-order valence-electron chi connectivity index (χ3n) is 4.82. The zero-order chi connectivity index (χ0) is 19.4. The van der Waals surface area contributed by atoms with E-state index >= 15 is 0 Å². The molecule has 7 heteroatoms. The van der Waals surface area contributed by atoms with Gasteiger partial charge in [-0.25, -0.2) is 13.4 Å². The number of nitrogens with one attached hydrogen (secondary N) is 1. The fraction of sp³-hybridized carbons (Fsp3) is 0.400. The second-order valence-corrected chi connectivity index (χ2v) is 9.15. The molecule has 0 radical (unpaired) electrons. The Morgan fingerprint density at radius 1 is 1.30 bits per heavy atom. The normalized spacial score (nSPS) is 18.2. The number of amides is 1. The molecular formula is C20H25N3O3S. The van der Waals surface area contributed by atoms with Crippen LogP contribution < -0.4 is 5.32 Å². The maximum absolute atomic E-state index is 12.8. The monoisotopic (exact) mass is 387 g/mol. The fourth-order valence-corrected chi connectivity index (χ4v) is 5.13. The lowest BCUT2D eigenvalue weighted by atomic mass is 10.1. The number of hydrogen-bond donors (Lipinski definition) is 1. The second-order valence-electron chi connectivity index (χ2n) is 6.92. The topological polar surface area (TPSA) is 79.4 Å². The molecule has 0 saturated carbocycles. The quantitative estimate of drug-likeness (QED) is 0.824. The van der Waals surface area contributed by atoms with Gasteiger partial charge < -0.3 is 10.2 Å². The molecule has 1 unspecified atom stereocenters. The number of hydrogen-bond acceptors (Lipinski definition) is 5. The SMILES string of the molecule is CCN(C(=O)c1ccc(NCc2cccc(C)c2)nc1)C1CCS(=O)(=O)C1. The minimum absolute atomic E-state index is 0.0517. The highest BCUT2D eigenvalue weighted by Crippen LogP contribution is 2.20. The van der Waals surface area contributed by atoms with Crippen LogP contribution in [0.1, 0.15) is 34.8 Å². The summed E-state index contributed by atoms with van der Waals surface area (Å²) in [6, 6.07) is 11.5. The van der Waals surface area contributed by atoms with Crippen LogP contribution in [0.3, 0.4) is 0 Å². The van der Waals surface area contributed by atoms with E-state index in [9.17, 15) is 13.2 Å². The summed E-state index contributed by atoms with van der Waals surface area (Å²) in [5, 5.41) is 3.25. The van der Waals surface area contributed by atoms with E-state index in [0.29, 0.717) is 30.9 Å². The minimum Gasteiger partial charge on any atom is -0.366 e. The molecule has 1 atom stereocenters. The lowest BCUT2D eigenvalue weighted by Gasteiger charge is -2.26. The predicted octanol–water partition coefficient (Wildman–Crippen LogP) is 2.65. The van der Waals surface area contributed by atoms with Gasteiger partial charge >= 0.3 is 0 Å². The lowest BCUT2D eigenvalue weighted by molar-refractivity contribution is 0.0708. The summed E-state index contributed by atoms with van der Waals surface area (Å²) >= 11 is 0. The summed E-state index contributed by atoms with van der Waals surface area (Å²) in [5.41, 5.74) is 2.84. The molecule has 27 heavy (non-hydrogen) atoms. The smallest absolute Gasteiger partial charge is 0.255 e. The molecule has 2 heterocycles. The molecule has 3 rings (SSSR count). The molecule has 1 N–H and O–H groups in total. The second kappa shape index (κ2) is 8.08. The molecule has 1 aliphatic rings. The van der Waals surface area contributed by atoms with Crippen molar-refractivity contribution in [2.75, 3.05) is 23.4 Å². The minimum atomic E-state index is -3.03. The molecule has 2 aromatic rings. The summed E-state index contributed by atoms with van der Waals surface area (Å²) in [4.78, 5) is 18.7. The van der Waals surface area contributed by atoms with Gasteiger partial charge in [0.05, 0.1) is 17.1 Å². The van der Waals surface area contributed by atoms with Gasteiger partial charge in [0.2, 0.25) is 0 Å². The van der Waals surface area contributed by atoms with Crippen molar-refractivity contribution in [3.05, 3.63) is 59.3 Å². The molecule has 0 spiro atoms. The van der Waals surface area contributed by atoms with E-state index in [1.165, 1.54) is 5.56 Å². The van der Waals surface area contributed by atoms with E-state index in [-0.39, 0.29) is 23.5 Å². The van der Waals surface area contributed by atoms with Crippen LogP contribution in [0.5, 0.6) is 0 Å². The van der Waals surface area contributed by atoms with Crippen molar-refractivity contribution in [2.45, 2.75) is 32.9 Å². The first-order chi connectivity index (χ1) is 12.9. The van der Waals surface area contributed by atoms with Crippen molar-refractivity contribution in [2.24, 2.45) is 0 Å². The largest absolute Gasteiger partial charge is 0.366 e. The molecule has 1 aromatic heterocycles. The maximum Gasteiger partial charge on any atom is 0.255 e. The van der Waals surface area contributed by atoms with Crippen LogP contribution in [-0.4, -0.2) is 48.3 Å². The van der Waals surface area contributed by atoms with Gasteiger partial charge in [0.25, 0.3) is 5.91 Å². The van der Waals surface area contributed by atoms with Crippen LogP contribution >= 0.6 is 0 Å². The Bertz CT molecular complexity index is 910. The number of anilines is 1. The van der Waals surface area contributed by atoms with Crippen LogP contribution in [0.25, 0.3) is 0 Å². The molecule has 1 aliphatic heterocycles. The highest BCUT2D eigenvalue weighted by atomic mass is 32.2. The number of carbonyl (C=O) groups excluding carboxylic acids is 1. The van der Waals surface area contributed by atoms with Gasteiger partial charge in [-0.1, -0.05) is 29.8 Å². The molecule has 1 saturated heterocycles. The van der Waals surface area contributed by atoms with E-state index in [2.05, 4.69) is 29.4 Å². The van der Waals surface area contributed by atoms with Crippen molar-refractivity contribution >= 4 is 21.6 Å². The van der Waals surface area contributed by atoms with Crippen LogP contribution in [-0.2, 0) is 16.4 Å². The summed E-state index contributed by atoms with van der Waals surface area (Å²) in [7, 11) is -3.03. The molecular weight excluding hydrogens is 362 g/mol.